The average Bonchev–Trinajstić information content (AvgIpc) is 3.20. The monoisotopic (exact) mass is 338 g/mol. The molecule has 1 fully saturated rings. The third-order valence-electron chi connectivity index (χ3n) is 4.19. The highest BCUT2D eigenvalue weighted by Gasteiger charge is 2.26. The quantitative estimate of drug-likeness (QED) is 0.764. The zero-order valence-electron chi connectivity index (χ0n) is 13.4. The van der Waals surface area contributed by atoms with Crippen LogP contribution in [-0.2, 0) is 6.42 Å². The smallest absolute Gasteiger partial charge is 0.260 e. The van der Waals surface area contributed by atoms with E-state index in [-0.39, 0.29) is 5.91 Å². The number of nitrogens with zero attached hydrogens (tertiary/aromatic N) is 3. The molecule has 1 aliphatic carbocycles. The van der Waals surface area contributed by atoms with Crippen LogP contribution in [0.4, 0.5) is 5.13 Å². The Bertz CT molecular complexity index is 864. The molecule has 122 valence electrons. The van der Waals surface area contributed by atoms with Crippen LogP contribution >= 0.6 is 11.3 Å². The van der Waals surface area contributed by atoms with E-state index >= 15 is 0 Å². The Morgan fingerprint density at radius 1 is 1.33 bits per heavy atom. The Morgan fingerprint density at radius 3 is 2.83 bits per heavy atom. The molecular formula is C18H18N4OS. The van der Waals surface area contributed by atoms with Gasteiger partial charge in [-0.15, -0.1) is 11.3 Å². The minimum Gasteiger partial charge on any atom is -0.298 e. The topological polar surface area (TPSA) is 59.8 Å². The fraction of sp³-hybridized carbons (Fsp3) is 0.278. The minimum absolute atomic E-state index is 0.147. The molecule has 0 radical (unpaired) electrons. The van der Waals surface area contributed by atoms with E-state index in [2.05, 4.69) is 15.4 Å². The van der Waals surface area contributed by atoms with Crippen LogP contribution in [-0.4, -0.2) is 20.7 Å². The normalized spacial score (nSPS) is 13.9. The maximum Gasteiger partial charge on any atom is 0.260 e. The summed E-state index contributed by atoms with van der Waals surface area (Å²) in [6.07, 6.45) is 4.78. The summed E-state index contributed by atoms with van der Waals surface area (Å²) in [6, 6.07) is 9.86. The molecule has 4 rings (SSSR count). The molecule has 2 heterocycles. The van der Waals surface area contributed by atoms with Crippen LogP contribution in [0.1, 0.15) is 47.4 Å². The van der Waals surface area contributed by atoms with Gasteiger partial charge in [0, 0.05) is 11.3 Å². The molecule has 3 aromatic rings. The van der Waals surface area contributed by atoms with E-state index in [4.69, 9.17) is 0 Å². The predicted octanol–water partition coefficient (Wildman–Crippen LogP) is 4.02. The van der Waals surface area contributed by atoms with Crippen LogP contribution in [0.15, 0.2) is 41.9 Å². The SMILES string of the molecule is CCc1c(C(=O)Nc2nc(C3CC3)cs2)cnn1-c1ccccc1. The van der Waals surface area contributed by atoms with Crippen LogP contribution in [0.2, 0.25) is 0 Å². The molecule has 0 saturated heterocycles. The number of aromatic nitrogens is 3. The number of carbonyl (C=O) groups is 1. The summed E-state index contributed by atoms with van der Waals surface area (Å²) in [5.41, 5.74) is 3.56. The lowest BCUT2D eigenvalue weighted by Crippen LogP contribution is -2.14. The standard InChI is InChI=1S/C18H18N4OS/c1-2-16-14(10-19-22(16)13-6-4-3-5-7-13)17(23)21-18-20-15(11-24-18)12-8-9-12/h3-7,10-12H,2,8-9H2,1H3,(H,20,21,23). The Morgan fingerprint density at radius 2 is 2.12 bits per heavy atom. The van der Waals surface area contributed by atoms with Gasteiger partial charge in [-0.25, -0.2) is 9.67 Å². The number of para-hydroxylation sites is 1. The molecule has 0 atom stereocenters. The van der Waals surface area contributed by atoms with E-state index in [0.717, 1.165) is 23.5 Å². The van der Waals surface area contributed by atoms with E-state index in [9.17, 15) is 4.79 Å². The summed E-state index contributed by atoms with van der Waals surface area (Å²) >= 11 is 1.49. The van der Waals surface area contributed by atoms with Crippen molar-refractivity contribution in [3.63, 3.8) is 0 Å². The number of thiazole rings is 1. The summed E-state index contributed by atoms with van der Waals surface area (Å²) in [7, 11) is 0. The molecular weight excluding hydrogens is 320 g/mol. The van der Waals surface area contributed by atoms with Gasteiger partial charge in [0.05, 0.1) is 28.8 Å². The highest BCUT2D eigenvalue weighted by atomic mass is 32.1. The Balaban J connectivity index is 1.58. The third kappa shape index (κ3) is 2.85. The number of carbonyl (C=O) groups excluding carboxylic acids is 1. The van der Waals surface area contributed by atoms with Crippen molar-refractivity contribution in [1.82, 2.24) is 14.8 Å². The average molecular weight is 338 g/mol. The molecule has 1 amide bonds. The molecule has 1 N–H and O–H groups in total. The van der Waals surface area contributed by atoms with Crippen molar-refractivity contribution in [2.75, 3.05) is 5.32 Å². The van der Waals surface area contributed by atoms with Gasteiger partial charge in [-0.2, -0.15) is 5.10 Å². The lowest BCUT2D eigenvalue weighted by Gasteiger charge is -2.07. The van der Waals surface area contributed by atoms with Crippen molar-refractivity contribution in [2.45, 2.75) is 32.1 Å². The van der Waals surface area contributed by atoms with E-state index in [1.807, 2.05) is 47.3 Å². The fourth-order valence-electron chi connectivity index (χ4n) is 2.77. The van der Waals surface area contributed by atoms with Crippen LogP contribution in [0.25, 0.3) is 5.69 Å². The zero-order valence-corrected chi connectivity index (χ0v) is 14.2. The van der Waals surface area contributed by atoms with Crippen molar-refractivity contribution in [2.24, 2.45) is 0 Å². The van der Waals surface area contributed by atoms with Crippen molar-refractivity contribution in [3.8, 4) is 5.69 Å². The molecule has 0 aliphatic heterocycles. The molecule has 2 aromatic heterocycles. The van der Waals surface area contributed by atoms with Gasteiger partial charge in [-0.3, -0.25) is 10.1 Å². The van der Waals surface area contributed by atoms with Gasteiger partial charge in [0.15, 0.2) is 5.13 Å². The number of hydrogen-bond acceptors (Lipinski definition) is 4. The van der Waals surface area contributed by atoms with Gasteiger partial charge in [0.2, 0.25) is 0 Å². The second-order valence-corrected chi connectivity index (χ2v) is 6.77. The molecule has 0 unspecified atom stereocenters. The van der Waals surface area contributed by atoms with Gasteiger partial charge in [0.25, 0.3) is 5.91 Å². The van der Waals surface area contributed by atoms with Gasteiger partial charge < -0.3 is 0 Å². The van der Waals surface area contributed by atoms with E-state index in [1.54, 1.807) is 6.20 Å². The summed E-state index contributed by atoms with van der Waals surface area (Å²) < 4.78 is 1.83. The summed E-state index contributed by atoms with van der Waals surface area (Å²) in [5.74, 6) is 0.449. The third-order valence-corrected chi connectivity index (χ3v) is 4.96. The van der Waals surface area contributed by atoms with Crippen molar-refractivity contribution in [1.29, 1.82) is 0 Å². The predicted molar refractivity (Wildman–Crippen MR) is 95.0 cm³/mol. The molecule has 1 saturated carbocycles. The number of benzene rings is 1. The van der Waals surface area contributed by atoms with Crippen molar-refractivity contribution < 1.29 is 4.79 Å². The number of rotatable bonds is 5. The second kappa shape index (κ2) is 6.20. The number of amides is 1. The van der Waals surface area contributed by atoms with Crippen LogP contribution in [0, 0.1) is 0 Å². The molecule has 1 aromatic carbocycles. The first-order valence-electron chi connectivity index (χ1n) is 8.15. The highest BCUT2D eigenvalue weighted by Crippen LogP contribution is 2.40. The first kappa shape index (κ1) is 15.1. The molecule has 5 nitrogen and oxygen atoms in total. The van der Waals surface area contributed by atoms with Crippen molar-refractivity contribution in [3.05, 3.63) is 58.9 Å². The van der Waals surface area contributed by atoms with Gasteiger partial charge >= 0.3 is 0 Å². The largest absolute Gasteiger partial charge is 0.298 e. The summed E-state index contributed by atoms with van der Waals surface area (Å²) in [4.78, 5) is 17.2. The summed E-state index contributed by atoms with van der Waals surface area (Å²) in [6.45, 7) is 2.03. The lowest BCUT2D eigenvalue weighted by molar-refractivity contribution is 0.102. The molecule has 6 heteroatoms. The Hall–Kier alpha value is -2.47. The summed E-state index contributed by atoms with van der Waals surface area (Å²) in [5, 5.41) is 10.0. The van der Waals surface area contributed by atoms with E-state index in [1.165, 1.54) is 24.2 Å². The Kier molecular flexibility index (Phi) is 3.90. The fourth-order valence-corrected chi connectivity index (χ4v) is 3.56. The highest BCUT2D eigenvalue weighted by molar-refractivity contribution is 7.14. The lowest BCUT2D eigenvalue weighted by atomic mass is 10.2. The Labute approximate surface area is 144 Å². The number of nitrogens with one attached hydrogen (secondary N) is 1. The van der Waals surface area contributed by atoms with Crippen LogP contribution in [0.3, 0.4) is 0 Å². The molecule has 24 heavy (non-hydrogen) atoms. The van der Waals surface area contributed by atoms with E-state index < -0.39 is 0 Å². The van der Waals surface area contributed by atoms with E-state index in [0.29, 0.717) is 16.6 Å². The molecule has 0 bridgehead atoms. The van der Waals surface area contributed by atoms with Gasteiger partial charge in [-0.1, -0.05) is 25.1 Å². The van der Waals surface area contributed by atoms with Crippen LogP contribution in [0.5, 0.6) is 0 Å². The molecule has 0 spiro atoms. The zero-order chi connectivity index (χ0) is 16.5. The maximum atomic E-state index is 12.6. The first-order chi connectivity index (χ1) is 11.8. The minimum atomic E-state index is -0.147. The second-order valence-electron chi connectivity index (χ2n) is 5.91. The van der Waals surface area contributed by atoms with Gasteiger partial charge in [0.1, 0.15) is 0 Å². The van der Waals surface area contributed by atoms with Crippen LogP contribution < -0.4 is 5.32 Å². The van der Waals surface area contributed by atoms with Crippen molar-refractivity contribution >= 4 is 22.4 Å². The number of anilines is 1. The number of hydrogen-bond donors (Lipinski definition) is 1. The molecule has 1 aliphatic rings. The van der Waals surface area contributed by atoms with Gasteiger partial charge in [-0.05, 0) is 31.4 Å². The first-order valence-corrected chi connectivity index (χ1v) is 9.03. The maximum absolute atomic E-state index is 12.6.